The molecule has 0 aliphatic carbocycles. The average molecular weight is 471 g/mol. The Balaban J connectivity index is 2.50. The van der Waals surface area contributed by atoms with E-state index < -0.39 is 7.26 Å². The molecule has 0 fully saturated rings. The third-order valence-electron chi connectivity index (χ3n) is 6.45. The first-order valence-electron chi connectivity index (χ1n) is 13.1. The van der Waals surface area contributed by atoms with Crippen LogP contribution in [0.3, 0.4) is 0 Å². The molecule has 3 nitrogen and oxygen atoms in total. The van der Waals surface area contributed by atoms with Crippen LogP contribution in [0, 0.1) is 0 Å². The maximum Gasteiger partial charge on any atom is 0.267 e. The van der Waals surface area contributed by atoms with Gasteiger partial charge in [0, 0.05) is 19.9 Å². The van der Waals surface area contributed by atoms with Gasteiger partial charge in [-0.1, -0.05) is 66.2 Å². The highest BCUT2D eigenvalue weighted by Gasteiger charge is 2.35. The summed E-state index contributed by atoms with van der Waals surface area (Å²) < 4.78 is 0. The number of amides is 2. The van der Waals surface area contributed by atoms with Gasteiger partial charge < -0.3 is 0 Å². The van der Waals surface area contributed by atoms with Crippen LogP contribution >= 0.6 is 19.0 Å². The van der Waals surface area contributed by atoms with Crippen molar-refractivity contribution in [1.29, 1.82) is 0 Å². The fourth-order valence-electron chi connectivity index (χ4n) is 4.38. The number of hydrogen-bond donors (Lipinski definition) is 0. The highest BCUT2D eigenvalue weighted by Crippen LogP contribution is 2.61. The third kappa shape index (κ3) is 10.9. The number of hydrogen-bond acceptors (Lipinski definition) is 3. The number of unbranched alkanes of at least 4 members (excludes halogenated alkanes) is 7. The number of nitrogens with zero attached hydrogens (tertiary/aromatic N) is 1. The zero-order valence-corrected chi connectivity index (χ0v) is 22.6. The van der Waals surface area contributed by atoms with E-state index in [1.165, 1.54) is 93.8 Å². The van der Waals surface area contributed by atoms with E-state index in [1.807, 2.05) is 0 Å². The van der Waals surface area contributed by atoms with Crippen molar-refractivity contribution in [3.63, 3.8) is 0 Å². The minimum absolute atomic E-state index is 0.0468. The van der Waals surface area contributed by atoms with Gasteiger partial charge in [0.2, 0.25) is 0 Å². The Hall–Kier alpha value is -0.340. The maximum atomic E-state index is 12.7. The van der Waals surface area contributed by atoms with Gasteiger partial charge in [-0.2, -0.15) is 0 Å². The monoisotopic (exact) mass is 470 g/mol. The van der Waals surface area contributed by atoms with Crippen LogP contribution in [0.25, 0.3) is 0 Å². The van der Waals surface area contributed by atoms with Gasteiger partial charge in [0.15, 0.2) is 0 Å². The fourth-order valence-corrected chi connectivity index (χ4v) is 10.6. The minimum Gasteiger partial charge on any atom is -0.274 e. The normalized spacial score (nSPS) is 14.6. The molecule has 0 N–H and O–H groups in total. The predicted molar refractivity (Wildman–Crippen MR) is 142 cm³/mol. The van der Waals surface area contributed by atoms with E-state index in [4.69, 9.17) is 0 Å². The van der Waals surface area contributed by atoms with Gasteiger partial charge in [0.25, 0.3) is 11.8 Å². The van der Waals surface area contributed by atoms with Gasteiger partial charge in [0.05, 0.1) is 29.6 Å². The van der Waals surface area contributed by atoms with Crippen molar-refractivity contribution in [2.45, 2.75) is 105 Å². The molecular weight excluding hydrogens is 421 g/mol. The van der Waals surface area contributed by atoms with Crippen molar-refractivity contribution in [1.82, 2.24) is 4.90 Å². The second-order valence-corrected chi connectivity index (χ2v) is 14.8. The molecule has 2 amide bonds. The van der Waals surface area contributed by atoms with E-state index >= 15 is 0 Å². The SMILES string of the molecule is CCCCCCSC1=CC(=O)N(CCCC[P+](CCCC)(CCCC)CCCC)C1=O. The van der Waals surface area contributed by atoms with Crippen molar-refractivity contribution in [3.05, 3.63) is 11.0 Å². The maximum absolute atomic E-state index is 12.7. The minimum atomic E-state index is -0.879. The summed E-state index contributed by atoms with van der Waals surface area (Å²) in [5.74, 6) is 0.803. The van der Waals surface area contributed by atoms with E-state index in [9.17, 15) is 9.59 Å². The second-order valence-electron chi connectivity index (χ2n) is 9.22. The third-order valence-corrected chi connectivity index (χ3v) is 12.6. The molecule has 1 aliphatic rings. The molecule has 1 aliphatic heterocycles. The lowest BCUT2D eigenvalue weighted by Crippen LogP contribution is -2.32. The molecule has 0 saturated heterocycles. The van der Waals surface area contributed by atoms with Crippen molar-refractivity contribution >= 4 is 30.8 Å². The topological polar surface area (TPSA) is 37.4 Å². The van der Waals surface area contributed by atoms with Crippen LogP contribution in [0.15, 0.2) is 11.0 Å². The molecule has 0 aromatic rings. The summed E-state index contributed by atoms with van der Waals surface area (Å²) >= 11 is 1.58. The van der Waals surface area contributed by atoms with Crippen molar-refractivity contribution in [2.75, 3.05) is 36.9 Å². The number of carbonyl (C=O) groups is 2. The van der Waals surface area contributed by atoms with E-state index in [-0.39, 0.29) is 11.8 Å². The molecule has 31 heavy (non-hydrogen) atoms. The summed E-state index contributed by atoms with van der Waals surface area (Å²) in [7, 11) is -0.879. The number of thioether (sulfide) groups is 1. The van der Waals surface area contributed by atoms with Crippen molar-refractivity contribution in [2.24, 2.45) is 0 Å². The van der Waals surface area contributed by atoms with Crippen LogP contribution in [0.4, 0.5) is 0 Å². The zero-order chi connectivity index (χ0) is 23.0. The van der Waals surface area contributed by atoms with E-state index in [0.717, 1.165) is 18.6 Å². The highest BCUT2D eigenvalue weighted by atomic mass is 32.2. The van der Waals surface area contributed by atoms with Gasteiger partial charge in [-0.05, 0) is 44.3 Å². The summed E-state index contributed by atoms with van der Waals surface area (Å²) in [6.07, 6.45) is 22.2. The van der Waals surface area contributed by atoms with Crippen LogP contribution in [-0.2, 0) is 9.59 Å². The van der Waals surface area contributed by atoms with Gasteiger partial charge in [-0.25, -0.2) is 0 Å². The molecule has 0 radical (unpaired) electrons. The molecule has 0 unspecified atom stereocenters. The Morgan fingerprint density at radius 2 is 1.26 bits per heavy atom. The molecule has 0 aromatic carbocycles. The molecule has 180 valence electrons. The molecule has 5 heteroatoms. The predicted octanol–water partition coefficient (Wildman–Crippen LogP) is 7.75. The van der Waals surface area contributed by atoms with Crippen LogP contribution in [0.1, 0.15) is 105 Å². The molecular formula is C26H49NO2PS+. The summed E-state index contributed by atoms with van der Waals surface area (Å²) in [4.78, 5) is 27.2. The van der Waals surface area contributed by atoms with E-state index in [2.05, 4.69) is 27.7 Å². The molecule has 0 aromatic heterocycles. The summed E-state index contributed by atoms with van der Waals surface area (Å²) in [6, 6.07) is 0. The Kier molecular flexibility index (Phi) is 15.9. The Labute approximate surface area is 197 Å². The van der Waals surface area contributed by atoms with Crippen LogP contribution in [0.5, 0.6) is 0 Å². The van der Waals surface area contributed by atoms with Crippen LogP contribution in [-0.4, -0.2) is 53.7 Å². The van der Waals surface area contributed by atoms with Gasteiger partial charge >= 0.3 is 0 Å². The molecule has 0 saturated carbocycles. The van der Waals surface area contributed by atoms with Crippen molar-refractivity contribution < 1.29 is 9.59 Å². The molecule has 0 atom stereocenters. The number of rotatable bonds is 20. The first kappa shape index (κ1) is 28.7. The largest absolute Gasteiger partial charge is 0.274 e. The standard InChI is InChI=1S/C26H49NO2PS/c1-5-9-13-16-22-31-24-23-25(28)27(26(24)29)17-14-15-21-30(18-10-6-2,19-11-7-3)20-12-8-4/h23H,5-22H2,1-4H3/q+1. The van der Waals surface area contributed by atoms with Crippen LogP contribution < -0.4 is 0 Å². The second kappa shape index (κ2) is 17.2. The Morgan fingerprint density at radius 1 is 0.710 bits per heavy atom. The van der Waals surface area contributed by atoms with Crippen molar-refractivity contribution in [3.8, 4) is 0 Å². The molecule has 1 heterocycles. The number of imide groups is 1. The Morgan fingerprint density at radius 3 is 1.81 bits per heavy atom. The average Bonchev–Trinajstić information content (AvgIpc) is 3.04. The quantitative estimate of drug-likeness (QED) is 0.104. The van der Waals surface area contributed by atoms with E-state index in [1.54, 1.807) is 17.8 Å². The zero-order valence-electron chi connectivity index (χ0n) is 20.9. The van der Waals surface area contributed by atoms with Gasteiger partial charge in [0.1, 0.15) is 0 Å². The van der Waals surface area contributed by atoms with Crippen LogP contribution in [0.2, 0.25) is 0 Å². The van der Waals surface area contributed by atoms with Gasteiger partial charge in [-0.3, -0.25) is 14.5 Å². The first-order valence-corrected chi connectivity index (χ1v) is 16.6. The first-order chi connectivity index (χ1) is 15.0. The fraction of sp³-hybridized carbons (Fsp3) is 0.846. The smallest absolute Gasteiger partial charge is 0.267 e. The lowest BCUT2D eigenvalue weighted by Gasteiger charge is -2.28. The molecule has 1 rings (SSSR count). The summed E-state index contributed by atoms with van der Waals surface area (Å²) in [5.41, 5.74) is 0. The summed E-state index contributed by atoms with van der Waals surface area (Å²) in [5, 5.41) is 0. The molecule has 0 bridgehead atoms. The summed E-state index contributed by atoms with van der Waals surface area (Å²) in [6.45, 7) is 9.74. The van der Waals surface area contributed by atoms with Gasteiger partial charge in [-0.15, -0.1) is 11.8 Å². The highest BCUT2D eigenvalue weighted by molar-refractivity contribution is 8.04. The number of carbonyl (C=O) groups excluding carboxylic acids is 2. The lowest BCUT2D eigenvalue weighted by molar-refractivity contribution is -0.136. The lowest BCUT2D eigenvalue weighted by atomic mass is 10.2. The van der Waals surface area contributed by atoms with E-state index in [0.29, 0.717) is 11.4 Å². The Bertz CT molecular complexity index is 528. The molecule has 0 spiro atoms.